The maximum atomic E-state index is 12.6. The van der Waals surface area contributed by atoms with Crippen LogP contribution >= 0.6 is 0 Å². The number of allylic oxidation sites excluding steroid dienone is 2. The molecule has 0 aromatic heterocycles. The van der Waals surface area contributed by atoms with E-state index < -0.39 is 29.3 Å². The molecule has 3 atom stereocenters. The summed E-state index contributed by atoms with van der Waals surface area (Å²) in [6, 6.07) is 0. The smallest absolute Gasteiger partial charge is 0.267 e. The van der Waals surface area contributed by atoms with Crippen molar-refractivity contribution >= 4 is 11.7 Å². The van der Waals surface area contributed by atoms with Gasteiger partial charge in [-0.1, -0.05) is 25.7 Å². The molecule has 0 bridgehead atoms. The first-order valence-corrected chi connectivity index (χ1v) is 6.29. The van der Waals surface area contributed by atoms with Crippen molar-refractivity contribution in [3.8, 4) is 0 Å². The standard InChI is InChI=1S/C14H17NO5/c1-4-5-9-6-7-10(16)12(18)14(9)11(17)8(2)15(20-3)13(14)19/h5-7,11-12,17-18H,2,4H2,1,3H3/b9-5+. The highest BCUT2D eigenvalue weighted by atomic mass is 16.7. The first-order chi connectivity index (χ1) is 9.42. The molecule has 6 nitrogen and oxygen atoms in total. The van der Waals surface area contributed by atoms with Gasteiger partial charge in [0.05, 0.1) is 12.8 Å². The van der Waals surface area contributed by atoms with Gasteiger partial charge in [-0.05, 0) is 18.1 Å². The number of rotatable bonds is 2. The fourth-order valence-corrected chi connectivity index (χ4v) is 2.78. The molecule has 2 rings (SSSR count). The Morgan fingerprint density at radius 1 is 1.40 bits per heavy atom. The van der Waals surface area contributed by atoms with E-state index in [2.05, 4.69) is 6.58 Å². The Hall–Kier alpha value is -1.76. The second-order valence-electron chi connectivity index (χ2n) is 4.75. The number of hydrogen-bond acceptors (Lipinski definition) is 5. The van der Waals surface area contributed by atoms with E-state index in [1.54, 1.807) is 6.08 Å². The van der Waals surface area contributed by atoms with Gasteiger partial charge in [-0.2, -0.15) is 5.06 Å². The summed E-state index contributed by atoms with van der Waals surface area (Å²) in [4.78, 5) is 29.2. The van der Waals surface area contributed by atoms with Crippen molar-refractivity contribution < 1.29 is 24.6 Å². The third-order valence-electron chi connectivity index (χ3n) is 3.76. The summed E-state index contributed by atoms with van der Waals surface area (Å²) in [5, 5.41) is 21.5. The summed E-state index contributed by atoms with van der Waals surface area (Å²) in [5.74, 6) is -1.32. The Bertz CT molecular complexity index is 536. The highest BCUT2D eigenvalue weighted by Gasteiger charge is 2.64. The van der Waals surface area contributed by atoms with Crippen LogP contribution in [0.15, 0.2) is 36.1 Å². The molecular formula is C14H17NO5. The lowest BCUT2D eigenvalue weighted by Gasteiger charge is -2.36. The van der Waals surface area contributed by atoms with E-state index in [0.29, 0.717) is 12.0 Å². The normalized spacial score (nSPS) is 35.7. The molecule has 20 heavy (non-hydrogen) atoms. The van der Waals surface area contributed by atoms with Crippen LogP contribution in [0.25, 0.3) is 0 Å². The Balaban J connectivity index is 2.68. The highest BCUT2D eigenvalue weighted by Crippen LogP contribution is 2.49. The molecule has 1 aliphatic heterocycles. The number of amides is 1. The second kappa shape index (κ2) is 4.97. The molecule has 0 radical (unpaired) electrons. The number of hydroxylamine groups is 2. The zero-order valence-electron chi connectivity index (χ0n) is 11.4. The molecule has 2 N–H and O–H groups in total. The lowest BCUT2D eigenvalue weighted by atomic mass is 9.67. The largest absolute Gasteiger partial charge is 0.385 e. The van der Waals surface area contributed by atoms with Crippen LogP contribution in [0.1, 0.15) is 13.3 Å². The fraction of sp³-hybridized carbons (Fsp3) is 0.429. The molecule has 1 amide bonds. The van der Waals surface area contributed by atoms with Gasteiger partial charge in [0.15, 0.2) is 5.78 Å². The number of hydrogen-bond donors (Lipinski definition) is 2. The SMILES string of the molecule is C=C1C(O)C2(C(=O)N1OC)/C(=C/CC)C=CC(=O)C2O. The summed E-state index contributed by atoms with van der Waals surface area (Å²) in [6.45, 7) is 5.45. The van der Waals surface area contributed by atoms with Gasteiger partial charge < -0.3 is 10.2 Å². The molecule has 1 aliphatic carbocycles. The van der Waals surface area contributed by atoms with Crippen molar-refractivity contribution in [2.75, 3.05) is 7.11 Å². The Morgan fingerprint density at radius 3 is 2.55 bits per heavy atom. The monoisotopic (exact) mass is 279 g/mol. The molecule has 6 heteroatoms. The lowest BCUT2D eigenvalue weighted by Crippen LogP contribution is -2.54. The van der Waals surface area contributed by atoms with Crippen LogP contribution in [0.5, 0.6) is 0 Å². The van der Waals surface area contributed by atoms with Crippen LogP contribution < -0.4 is 0 Å². The van der Waals surface area contributed by atoms with Gasteiger partial charge in [-0.3, -0.25) is 14.4 Å². The maximum Gasteiger partial charge on any atom is 0.267 e. The molecule has 0 aromatic rings. The molecule has 1 heterocycles. The fourth-order valence-electron chi connectivity index (χ4n) is 2.78. The topological polar surface area (TPSA) is 87.1 Å². The first kappa shape index (κ1) is 14.6. The molecule has 108 valence electrons. The van der Waals surface area contributed by atoms with Gasteiger partial charge in [-0.25, -0.2) is 0 Å². The van der Waals surface area contributed by atoms with Crippen LogP contribution in [-0.4, -0.2) is 46.3 Å². The van der Waals surface area contributed by atoms with Crippen molar-refractivity contribution in [3.05, 3.63) is 36.1 Å². The van der Waals surface area contributed by atoms with Gasteiger partial charge in [0, 0.05) is 0 Å². The average Bonchev–Trinajstić information content (AvgIpc) is 2.61. The van der Waals surface area contributed by atoms with E-state index in [4.69, 9.17) is 4.84 Å². The minimum absolute atomic E-state index is 0.00153. The van der Waals surface area contributed by atoms with Gasteiger partial charge in [0.25, 0.3) is 5.91 Å². The highest BCUT2D eigenvalue weighted by molar-refractivity contribution is 6.05. The van der Waals surface area contributed by atoms with E-state index in [9.17, 15) is 19.8 Å². The minimum atomic E-state index is -1.77. The van der Waals surface area contributed by atoms with E-state index in [0.717, 1.165) is 5.06 Å². The van der Waals surface area contributed by atoms with Gasteiger partial charge in [0.1, 0.15) is 17.6 Å². The molecule has 0 saturated carbocycles. The second-order valence-corrected chi connectivity index (χ2v) is 4.75. The van der Waals surface area contributed by atoms with Gasteiger partial charge in [0.2, 0.25) is 0 Å². The van der Waals surface area contributed by atoms with Crippen molar-refractivity contribution in [2.45, 2.75) is 25.6 Å². The van der Waals surface area contributed by atoms with Crippen LogP contribution in [0.3, 0.4) is 0 Å². The van der Waals surface area contributed by atoms with Crippen molar-refractivity contribution in [2.24, 2.45) is 5.41 Å². The average molecular weight is 279 g/mol. The molecule has 0 aromatic carbocycles. The molecule has 1 saturated heterocycles. The minimum Gasteiger partial charge on any atom is -0.385 e. The summed E-state index contributed by atoms with van der Waals surface area (Å²) < 4.78 is 0. The van der Waals surface area contributed by atoms with Crippen molar-refractivity contribution in [1.82, 2.24) is 5.06 Å². The predicted octanol–water partition coefficient (Wildman–Crippen LogP) is 0.0872. The van der Waals surface area contributed by atoms with Crippen molar-refractivity contribution in [3.63, 3.8) is 0 Å². The van der Waals surface area contributed by atoms with Gasteiger partial charge in [-0.15, -0.1) is 0 Å². The van der Waals surface area contributed by atoms with E-state index in [1.807, 2.05) is 6.92 Å². The zero-order valence-corrected chi connectivity index (χ0v) is 11.4. The summed E-state index contributed by atoms with van der Waals surface area (Å²) in [5.41, 5.74) is -1.37. The lowest BCUT2D eigenvalue weighted by molar-refractivity contribution is -0.171. The third-order valence-corrected chi connectivity index (χ3v) is 3.76. The summed E-state index contributed by atoms with van der Waals surface area (Å²) in [7, 11) is 1.25. The van der Waals surface area contributed by atoms with Crippen LogP contribution in [0, 0.1) is 5.41 Å². The maximum absolute atomic E-state index is 12.6. The quantitative estimate of drug-likeness (QED) is 0.748. The Kier molecular flexibility index (Phi) is 3.64. The van der Waals surface area contributed by atoms with E-state index in [-0.39, 0.29) is 5.70 Å². The molecule has 2 aliphatic rings. The van der Waals surface area contributed by atoms with Crippen LogP contribution in [-0.2, 0) is 14.4 Å². The summed E-state index contributed by atoms with van der Waals surface area (Å²) in [6.07, 6.45) is 1.85. The van der Waals surface area contributed by atoms with Crippen LogP contribution in [0.2, 0.25) is 0 Å². The number of carbonyl (C=O) groups excluding carboxylic acids is 2. The number of nitrogens with zero attached hydrogens (tertiary/aromatic N) is 1. The number of ketones is 1. The number of aliphatic hydroxyl groups excluding tert-OH is 2. The van der Waals surface area contributed by atoms with Crippen molar-refractivity contribution in [1.29, 1.82) is 0 Å². The Morgan fingerprint density at radius 2 is 2.05 bits per heavy atom. The molecule has 1 spiro atoms. The third kappa shape index (κ3) is 1.62. The van der Waals surface area contributed by atoms with Gasteiger partial charge >= 0.3 is 0 Å². The zero-order chi connectivity index (χ0) is 15.1. The van der Waals surface area contributed by atoms with E-state index in [1.165, 1.54) is 19.3 Å². The molecule has 3 unspecified atom stereocenters. The molecular weight excluding hydrogens is 262 g/mol. The first-order valence-electron chi connectivity index (χ1n) is 6.29. The Labute approximate surface area is 116 Å². The van der Waals surface area contributed by atoms with E-state index >= 15 is 0 Å². The number of carbonyl (C=O) groups is 2. The summed E-state index contributed by atoms with van der Waals surface area (Å²) >= 11 is 0. The molecule has 1 fully saturated rings. The van der Waals surface area contributed by atoms with Crippen LogP contribution in [0.4, 0.5) is 0 Å². The number of aliphatic hydroxyl groups is 2. The predicted molar refractivity (Wildman–Crippen MR) is 70.0 cm³/mol.